The van der Waals surface area contributed by atoms with E-state index in [2.05, 4.69) is 19.9 Å². The zero-order chi connectivity index (χ0) is 14.7. The second-order valence-electron chi connectivity index (χ2n) is 5.29. The molecule has 0 aliphatic carbocycles. The van der Waals surface area contributed by atoms with Crippen molar-refractivity contribution in [3.8, 4) is 0 Å². The van der Waals surface area contributed by atoms with Crippen LogP contribution >= 0.6 is 0 Å². The number of imidazole rings is 1. The molecule has 1 aliphatic heterocycles. The first kappa shape index (κ1) is 13.8. The molecule has 1 aliphatic rings. The number of hydrogen-bond acceptors (Lipinski definition) is 6. The van der Waals surface area contributed by atoms with E-state index in [1.165, 1.54) is 0 Å². The molecule has 1 fully saturated rings. The average Bonchev–Trinajstić information content (AvgIpc) is 3.17. The Balaban J connectivity index is 1.71. The monoisotopic (exact) mass is 288 g/mol. The lowest BCUT2D eigenvalue weighted by molar-refractivity contribution is 0.193. The molecule has 3 rings (SSSR count). The van der Waals surface area contributed by atoms with Gasteiger partial charge in [-0.25, -0.2) is 9.97 Å². The van der Waals surface area contributed by atoms with E-state index in [1.54, 1.807) is 6.20 Å². The molecule has 0 saturated carbocycles. The molecule has 0 spiro atoms. The fourth-order valence-corrected chi connectivity index (χ4v) is 2.44. The lowest BCUT2D eigenvalue weighted by Crippen LogP contribution is -2.24. The fourth-order valence-electron chi connectivity index (χ4n) is 2.44. The summed E-state index contributed by atoms with van der Waals surface area (Å²) in [5, 5.41) is 0. The molecule has 7 nitrogen and oxygen atoms in total. The molecule has 1 atom stereocenters. The Labute approximate surface area is 123 Å². The number of rotatable bonds is 5. The zero-order valence-corrected chi connectivity index (χ0v) is 12.1. The van der Waals surface area contributed by atoms with Crippen LogP contribution in [-0.2, 0) is 11.3 Å². The van der Waals surface area contributed by atoms with Crippen molar-refractivity contribution in [2.45, 2.75) is 18.9 Å². The summed E-state index contributed by atoms with van der Waals surface area (Å²) in [6.07, 6.45) is 6.53. The van der Waals surface area contributed by atoms with E-state index in [0.29, 0.717) is 18.5 Å². The molecule has 3 heterocycles. The van der Waals surface area contributed by atoms with E-state index in [9.17, 15) is 0 Å². The van der Waals surface area contributed by atoms with Gasteiger partial charge in [-0.3, -0.25) is 0 Å². The maximum atomic E-state index is 5.85. The molecular formula is C14H20N6O. The predicted octanol–water partition coefficient (Wildman–Crippen LogP) is 0.896. The SMILES string of the molecule is CN(CCn1ccnc1)c1cc([C@H]2CCOC2)nc(N)n1. The second kappa shape index (κ2) is 6.09. The highest BCUT2D eigenvalue weighted by atomic mass is 16.5. The first-order valence-corrected chi connectivity index (χ1v) is 7.11. The molecule has 0 unspecified atom stereocenters. The van der Waals surface area contributed by atoms with E-state index >= 15 is 0 Å². The Bertz CT molecular complexity index is 579. The number of aromatic nitrogens is 4. The maximum Gasteiger partial charge on any atom is 0.222 e. The minimum Gasteiger partial charge on any atom is -0.381 e. The van der Waals surface area contributed by atoms with Gasteiger partial charge in [0.05, 0.1) is 18.6 Å². The van der Waals surface area contributed by atoms with Crippen LogP contribution in [0.2, 0.25) is 0 Å². The van der Waals surface area contributed by atoms with E-state index in [0.717, 1.165) is 37.6 Å². The van der Waals surface area contributed by atoms with E-state index in [4.69, 9.17) is 10.5 Å². The van der Waals surface area contributed by atoms with Gasteiger partial charge >= 0.3 is 0 Å². The summed E-state index contributed by atoms with van der Waals surface area (Å²) >= 11 is 0. The molecule has 0 bridgehead atoms. The van der Waals surface area contributed by atoms with Gasteiger partial charge in [0.15, 0.2) is 0 Å². The van der Waals surface area contributed by atoms with Gasteiger partial charge in [0, 0.05) is 51.1 Å². The van der Waals surface area contributed by atoms with E-state index in [-0.39, 0.29) is 0 Å². The normalized spacial score (nSPS) is 18.0. The fraction of sp³-hybridized carbons (Fsp3) is 0.500. The van der Waals surface area contributed by atoms with Crippen LogP contribution < -0.4 is 10.6 Å². The molecular weight excluding hydrogens is 268 g/mol. The summed E-state index contributed by atoms with van der Waals surface area (Å²) in [4.78, 5) is 14.8. The maximum absolute atomic E-state index is 5.85. The Morgan fingerprint density at radius 3 is 3.10 bits per heavy atom. The first-order valence-electron chi connectivity index (χ1n) is 7.11. The molecule has 7 heteroatoms. The highest BCUT2D eigenvalue weighted by Crippen LogP contribution is 2.26. The minimum atomic E-state index is 0.323. The average molecular weight is 288 g/mol. The number of ether oxygens (including phenoxy) is 1. The largest absolute Gasteiger partial charge is 0.381 e. The van der Waals surface area contributed by atoms with Crippen LogP contribution in [-0.4, -0.2) is 46.3 Å². The van der Waals surface area contributed by atoms with Crippen LogP contribution in [0, 0.1) is 0 Å². The number of nitrogen functional groups attached to an aromatic ring is 1. The molecule has 112 valence electrons. The second-order valence-corrected chi connectivity index (χ2v) is 5.29. The smallest absolute Gasteiger partial charge is 0.222 e. The third-order valence-corrected chi connectivity index (χ3v) is 3.74. The van der Waals surface area contributed by atoms with Crippen LogP contribution in [0.1, 0.15) is 18.0 Å². The zero-order valence-electron chi connectivity index (χ0n) is 12.1. The first-order chi connectivity index (χ1) is 10.2. The van der Waals surface area contributed by atoms with Crippen LogP contribution in [0.4, 0.5) is 11.8 Å². The van der Waals surface area contributed by atoms with Gasteiger partial charge in [-0.15, -0.1) is 0 Å². The van der Waals surface area contributed by atoms with Gasteiger partial charge in [0.2, 0.25) is 5.95 Å². The molecule has 21 heavy (non-hydrogen) atoms. The number of nitrogens with zero attached hydrogens (tertiary/aromatic N) is 5. The van der Waals surface area contributed by atoms with Gasteiger partial charge in [0.1, 0.15) is 5.82 Å². The predicted molar refractivity (Wildman–Crippen MR) is 80.1 cm³/mol. The standard InChI is InChI=1S/C14H20N6O/c1-19(5-6-20-4-3-16-10-20)13-8-12(17-14(15)18-13)11-2-7-21-9-11/h3-4,8,10-11H,2,5-7,9H2,1H3,(H2,15,17,18)/t11-/m0/s1. The molecule has 0 radical (unpaired) electrons. The Hall–Kier alpha value is -2.15. The van der Waals surface area contributed by atoms with Crippen molar-refractivity contribution in [1.82, 2.24) is 19.5 Å². The molecule has 2 aromatic heterocycles. The summed E-state index contributed by atoms with van der Waals surface area (Å²) in [6, 6.07) is 2.02. The van der Waals surface area contributed by atoms with Gasteiger partial charge in [-0.05, 0) is 6.42 Å². The highest BCUT2D eigenvalue weighted by molar-refractivity contribution is 5.43. The molecule has 1 saturated heterocycles. The van der Waals surface area contributed by atoms with Crippen molar-refractivity contribution < 1.29 is 4.74 Å². The van der Waals surface area contributed by atoms with Crippen LogP contribution in [0.3, 0.4) is 0 Å². The van der Waals surface area contributed by atoms with E-state index < -0.39 is 0 Å². The van der Waals surface area contributed by atoms with Crippen LogP contribution in [0.25, 0.3) is 0 Å². The Morgan fingerprint density at radius 1 is 1.48 bits per heavy atom. The van der Waals surface area contributed by atoms with Crippen molar-refractivity contribution >= 4 is 11.8 Å². The van der Waals surface area contributed by atoms with Gasteiger partial charge in [0.25, 0.3) is 0 Å². The van der Waals surface area contributed by atoms with Crippen molar-refractivity contribution in [2.75, 3.05) is 37.4 Å². The summed E-state index contributed by atoms with van der Waals surface area (Å²) in [5.41, 5.74) is 6.83. The van der Waals surface area contributed by atoms with Crippen molar-refractivity contribution in [1.29, 1.82) is 0 Å². The van der Waals surface area contributed by atoms with Crippen molar-refractivity contribution in [3.05, 3.63) is 30.5 Å². The van der Waals surface area contributed by atoms with Crippen molar-refractivity contribution in [3.63, 3.8) is 0 Å². The lowest BCUT2D eigenvalue weighted by atomic mass is 10.0. The number of likely N-dealkylation sites (N-methyl/N-ethyl adjacent to an activating group) is 1. The van der Waals surface area contributed by atoms with Crippen LogP contribution in [0.15, 0.2) is 24.8 Å². The summed E-state index contributed by atoms with van der Waals surface area (Å²) < 4.78 is 7.46. The molecule has 2 aromatic rings. The highest BCUT2D eigenvalue weighted by Gasteiger charge is 2.21. The third-order valence-electron chi connectivity index (χ3n) is 3.74. The Kier molecular flexibility index (Phi) is 4.01. The molecule has 0 amide bonds. The van der Waals surface area contributed by atoms with E-state index in [1.807, 2.05) is 30.2 Å². The van der Waals surface area contributed by atoms with Gasteiger partial charge in [-0.1, -0.05) is 0 Å². The summed E-state index contributed by atoms with van der Waals surface area (Å²) in [7, 11) is 2.01. The minimum absolute atomic E-state index is 0.323. The molecule has 0 aromatic carbocycles. The van der Waals surface area contributed by atoms with Gasteiger partial charge in [-0.2, -0.15) is 4.98 Å². The van der Waals surface area contributed by atoms with Crippen molar-refractivity contribution in [2.24, 2.45) is 0 Å². The number of hydrogen-bond donors (Lipinski definition) is 1. The topological polar surface area (TPSA) is 82.1 Å². The summed E-state index contributed by atoms with van der Waals surface area (Å²) in [6.45, 7) is 3.19. The molecule has 2 N–H and O–H groups in total. The third kappa shape index (κ3) is 3.30. The number of nitrogens with two attached hydrogens (primary N) is 1. The van der Waals surface area contributed by atoms with Crippen LogP contribution in [0.5, 0.6) is 0 Å². The lowest BCUT2D eigenvalue weighted by Gasteiger charge is -2.20. The summed E-state index contributed by atoms with van der Waals surface area (Å²) in [5.74, 6) is 1.50. The number of anilines is 2. The quantitative estimate of drug-likeness (QED) is 0.880. The Morgan fingerprint density at radius 2 is 2.38 bits per heavy atom. The van der Waals surface area contributed by atoms with Gasteiger partial charge < -0.3 is 19.9 Å².